The third-order valence-corrected chi connectivity index (χ3v) is 2.52. The van der Waals surface area contributed by atoms with Gasteiger partial charge in [0.05, 0.1) is 0 Å². The van der Waals surface area contributed by atoms with Crippen LogP contribution in [0.3, 0.4) is 0 Å². The van der Waals surface area contributed by atoms with Crippen molar-refractivity contribution < 1.29 is 14.6 Å². The SMILES string of the molecule is O=C(O)C12C=C1Oc1ccccc12. The summed E-state index contributed by atoms with van der Waals surface area (Å²) in [7, 11) is 0. The van der Waals surface area contributed by atoms with E-state index in [1.165, 1.54) is 0 Å². The van der Waals surface area contributed by atoms with Crippen LogP contribution in [0.1, 0.15) is 5.56 Å². The van der Waals surface area contributed by atoms with E-state index in [-0.39, 0.29) is 0 Å². The first kappa shape index (κ1) is 6.71. The number of hydrogen-bond donors (Lipinski definition) is 1. The number of rotatable bonds is 1. The van der Waals surface area contributed by atoms with E-state index in [0.29, 0.717) is 11.5 Å². The van der Waals surface area contributed by atoms with E-state index in [1.807, 2.05) is 12.1 Å². The van der Waals surface area contributed by atoms with Crippen molar-refractivity contribution in [1.29, 1.82) is 0 Å². The van der Waals surface area contributed by atoms with Crippen LogP contribution < -0.4 is 4.74 Å². The number of carbonyl (C=O) groups is 1. The fraction of sp³-hybridized carbons (Fsp3) is 0.100. The lowest BCUT2D eigenvalue weighted by Crippen LogP contribution is -2.21. The summed E-state index contributed by atoms with van der Waals surface area (Å²) >= 11 is 0. The summed E-state index contributed by atoms with van der Waals surface area (Å²) in [6.07, 6.45) is 1.64. The second-order valence-corrected chi connectivity index (χ2v) is 3.22. The molecule has 1 unspecified atom stereocenters. The summed E-state index contributed by atoms with van der Waals surface area (Å²) in [4.78, 5) is 11.0. The molecule has 1 aliphatic carbocycles. The third-order valence-electron chi connectivity index (χ3n) is 2.52. The van der Waals surface area contributed by atoms with Crippen LogP contribution in [0.5, 0.6) is 5.75 Å². The largest absolute Gasteiger partial charge is 0.480 e. The van der Waals surface area contributed by atoms with Crippen molar-refractivity contribution in [2.45, 2.75) is 5.41 Å². The predicted octanol–water partition coefficient (Wildman–Crippen LogP) is 1.30. The zero-order valence-corrected chi connectivity index (χ0v) is 6.65. The number of para-hydroxylation sites is 1. The Morgan fingerprint density at radius 3 is 2.92 bits per heavy atom. The Labute approximate surface area is 74.3 Å². The van der Waals surface area contributed by atoms with Crippen molar-refractivity contribution in [3.63, 3.8) is 0 Å². The van der Waals surface area contributed by atoms with Crippen molar-refractivity contribution in [3.8, 4) is 5.75 Å². The molecule has 0 aromatic heterocycles. The maximum atomic E-state index is 11.0. The number of fused-ring (bicyclic) bond motifs is 3. The lowest BCUT2D eigenvalue weighted by atomic mass is 9.94. The topological polar surface area (TPSA) is 46.5 Å². The van der Waals surface area contributed by atoms with Gasteiger partial charge in [-0.15, -0.1) is 0 Å². The van der Waals surface area contributed by atoms with Crippen molar-refractivity contribution in [3.05, 3.63) is 41.7 Å². The molecule has 13 heavy (non-hydrogen) atoms. The second kappa shape index (κ2) is 1.76. The Morgan fingerprint density at radius 2 is 2.15 bits per heavy atom. The van der Waals surface area contributed by atoms with Crippen LogP contribution in [-0.2, 0) is 10.2 Å². The highest BCUT2D eigenvalue weighted by atomic mass is 16.5. The van der Waals surface area contributed by atoms with E-state index in [1.54, 1.807) is 18.2 Å². The minimum atomic E-state index is -0.920. The molecule has 0 saturated heterocycles. The van der Waals surface area contributed by atoms with Crippen LogP contribution in [0.15, 0.2) is 36.1 Å². The number of ether oxygens (including phenoxy) is 1. The molecule has 64 valence electrons. The molecule has 0 saturated carbocycles. The molecule has 1 aromatic rings. The molecule has 0 fully saturated rings. The summed E-state index contributed by atoms with van der Waals surface area (Å²) in [6.45, 7) is 0. The standard InChI is InChI=1S/C10H6O3/c11-9(12)10-5-8(10)13-7-4-2-1-3-6(7)10/h1-5H,(H,11,12). The lowest BCUT2D eigenvalue weighted by molar-refractivity contribution is -0.139. The van der Waals surface area contributed by atoms with Crippen LogP contribution in [-0.4, -0.2) is 11.1 Å². The van der Waals surface area contributed by atoms with Gasteiger partial charge in [0.25, 0.3) is 0 Å². The first-order valence-electron chi connectivity index (χ1n) is 3.99. The average Bonchev–Trinajstić information content (AvgIpc) is 2.75. The summed E-state index contributed by atoms with van der Waals surface area (Å²) < 4.78 is 5.33. The third kappa shape index (κ3) is 0.591. The summed E-state index contributed by atoms with van der Waals surface area (Å²) in [6, 6.07) is 7.23. The van der Waals surface area contributed by atoms with Gasteiger partial charge in [0.2, 0.25) is 0 Å². The fourth-order valence-electron chi connectivity index (χ4n) is 1.76. The molecular formula is C10H6O3. The number of aliphatic carboxylic acids is 1. The molecule has 3 heteroatoms. The molecular weight excluding hydrogens is 168 g/mol. The van der Waals surface area contributed by atoms with Crippen LogP contribution >= 0.6 is 0 Å². The highest BCUT2D eigenvalue weighted by Gasteiger charge is 2.61. The van der Waals surface area contributed by atoms with Gasteiger partial charge in [0.15, 0.2) is 5.41 Å². The van der Waals surface area contributed by atoms with E-state index in [4.69, 9.17) is 9.84 Å². The van der Waals surface area contributed by atoms with Crippen LogP contribution in [0.2, 0.25) is 0 Å². The van der Waals surface area contributed by atoms with Crippen LogP contribution in [0, 0.1) is 0 Å². The smallest absolute Gasteiger partial charge is 0.326 e. The highest BCUT2D eigenvalue weighted by molar-refractivity contribution is 5.96. The number of hydrogen-bond acceptors (Lipinski definition) is 2. The molecule has 1 aromatic carbocycles. The Balaban J connectivity index is 2.21. The molecule has 2 aliphatic rings. The molecule has 1 N–H and O–H groups in total. The van der Waals surface area contributed by atoms with Gasteiger partial charge in [0, 0.05) is 5.56 Å². The van der Waals surface area contributed by atoms with Crippen molar-refractivity contribution >= 4 is 5.97 Å². The first-order chi connectivity index (χ1) is 6.25. The van der Waals surface area contributed by atoms with Gasteiger partial charge in [-0.1, -0.05) is 18.2 Å². The van der Waals surface area contributed by atoms with Gasteiger partial charge in [-0.3, -0.25) is 4.79 Å². The minimum absolute atomic E-state index is 0.557. The molecule has 3 rings (SSSR count). The molecule has 3 nitrogen and oxygen atoms in total. The summed E-state index contributed by atoms with van der Waals surface area (Å²) in [5.41, 5.74) is -0.172. The summed E-state index contributed by atoms with van der Waals surface area (Å²) in [5.74, 6) is 0.371. The van der Waals surface area contributed by atoms with Gasteiger partial charge in [-0.05, 0) is 12.1 Å². The predicted molar refractivity (Wildman–Crippen MR) is 44.5 cm³/mol. The Morgan fingerprint density at radius 1 is 1.38 bits per heavy atom. The molecule has 1 atom stereocenters. The lowest BCUT2D eigenvalue weighted by Gasteiger charge is -2.05. The van der Waals surface area contributed by atoms with Gasteiger partial charge in [-0.2, -0.15) is 0 Å². The van der Waals surface area contributed by atoms with E-state index >= 15 is 0 Å². The number of carboxylic acid groups (broad SMARTS) is 1. The first-order valence-corrected chi connectivity index (χ1v) is 3.99. The van der Waals surface area contributed by atoms with Gasteiger partial charge in [-0.25, -0.2) is 0 Å². The molecule has 1 aliphatic heterocycles. The van der Waals surface area contributed by atoms with Gasteiger partial charge < -0.3 is 9.84 Å². The molecule has 0 amide bonds. The van der Waals surface area contributed by atoms with E-state index in [9.17, 15) is 4.79 Å². The fourth-order valence-corrected chi connectivity index (χ4v) is 1.76. The quantitative estimate of drug-likeness (QED) is 0.698. The second-order valence-electron chi connectivity index (χ2n) is 3.22. The number of carboxylic acids is 1. The van der Waals surface area contributed by atoms with Crippen molar-refractivity contribution in [1.82, 2.24) is 0 Å². The molecule has 0 bridgehead atoms. The maximum absolute atomic E-state index is 11.0. The average molecular weight is 174 g/mol. The molecule has 0 spiro atoms. The Kier molecular flexibility index (Phi) is 0.911. The molecule has 1 heterocycles. The summed E-state index contributed by atoms with van der Waals surface area (Å²) in [5, 5.41) is 9.03. The Bertz CT molecular complexity index is 447. The van der Waals surface area contributed by atoms with Crippen molar-refractivity contribution in [2.24, 2.45) is 0 Å². The van der Waals surface area contributed by atoms with E-state index in [0.717, 1.165) is 5.56 Å². The highest BCUT2D eigenvalue weighted by Crippen LogP contribution is 2.56. The Hall–Kier alpha value is -1.77. The minimum Gasteiger partial charge on any atom is -0.480 e. The zero-order valence-electron chi connectivity index (χ0n) is 6.65. The van der Waals surface area contributed by atoms with Gasteiger partial charge in [0.1, 0.15) is 11.5 Å². The van der Waals surface area contributed by atoms with E-state index in [2.05, 4.69) is 0 Å². The zero-order chi connectivity index (χ0) is 9.05. The maximum Gasteiger partial charge on any atom is 0.326 e. The normalized spacial score (nSPS) is 26.9. The monoisotopic (exact) mass is 174 g/mol. The van der Waals surface area contributed by atoms with Crippen LogP contribution in [0.4, 0.5) is 0 Å². The van der Waals surface area contributed by atoms with Crippen LogP contribution in [0.25, 0.3) is 0 Å². The van der Waals surface area contributed by atoms with Crippen molar-refractivity contribution in [2.75, 3.05) is 0 Å². The van der Waals surface area contributed by atoms with E-state index < -0.39 is 11.4 Å². The van der Waals surface area contributed by atoms with Gasteiger partial charge >= 0.3 is 5.97 Å². The number of benzene rings is 1. The molecule has 0 radical (unpaired) electrons.